The van der Waals surface area contributed by atoms with Crippen molar-refractivity contribution in [3.05, 3.63) is 35.8 Å². The number of allylic oxidation sites excluding steroid dienone is 4. The van der Waals surface area contributed by atoms with Crippen molar-refractivity contribution in [2.45, 2.75) is 39.7 Å². The number of rotatable bonds is 4. The van der Waals surface area contributed by atoms with Gasteiger partial charge < -0.3 is 9.80 Å². The summed E-state index contributed by atoms with van der Waals surface area (Å²) < 4.78 is 0. The number of aliphatic imine (C=N–C) groups is 1. The Morgan fingerprint density at radius 2 is 2.21 bits per heavy atom. The molecule has 1 unspecified atom stereocenters. The molecule has 0 aromatic carbocycles. The van der Waals surface area contributed by atoms with E-state index in [-0.39, 0.29) is 0 Å². The molecule has 0 aromatic heterocycles. The van der Waals surface area contributed by atoms with Crippen LogP contribution in [-0.2, 0) is 0 Å². The third-order valence-electron chi connectivity index (χ3n) is 3.68. The van der Waals surface area contributed by atoms with E-state index in [4.69, 9.17) is 0 Å². The lowest BCUT2D eigenvalue weighted by Gasteiger charge is -2.32. The van der Waals surface area contributed by atoms with Crippen LogP contribution in [0.3, 0.4) is 0 Å². The lowest BCUT2D eigenvalue weighted by Crippen LogP contribution is -2.31. The molecular weight excluding hydrogens is 234 g/mol. The van der Waals surface area contributed by atoms with Crippen LogP contribution < -0.4 is 0 Å². The molecule has 0 radical (unpaired) electrons. The van der Waals surface area contributed by atoms with E-state index in [1.165, 1.54) is 11.4 Å². The van der Waals surface area contributed by atoms with E-state index < -0.39 is 0 Å². The van der Waals surface area contributed by atoms with Gasteiger partial charge in [0.15, 0.2) is 0 Å². The minimum absolute atomic E-state index is 0.547. The van der Waals surface area contributed by atoms with Gasteiger partial charge in [0.25, 0.3) is 0 Å². The monoisotopic (exact) mass is 261 g/mol. The molecule has 0 aromatic rings. The van der Waals surface area contributed by atoms with E-state index in [0.717, 1.165) is 25.1 Å². The molecule has 1 rings (SSSR count). The molecular formula is C16H27N3. The lowest BCUT2D eigenvalue weighted by atomic mass is 10.1. The molecule has 1 atom stereocenters. The van der Waals surface area contributed by atoms with Crippen LogP contribution in [-0.4, -0.2) is 42.7 Å². The maximum absolute atomic E-state index is 4.15. The van der Waals surface area contributed by atoms with E-state index in [0.29, 0.717) is 6.04 Å². The minimum Gasteiger partial charge on any atom is -0.373 e. The summed E-state index contributed by atoms with van der Waals surface area (Å²) in [5.41, 5.74) is 3.65. The Labute approximate surface area is 118 Å². The van der Waals surface area contributed by atoms with E-state index in [9.17, 15) is 0 Å². The zero-order valence-electron chi connectivity index (χ0n) is 13.0. The van der Waals surface area contributed by atoms with E-state index in [2.05, 4.69) is 55.3 Å². The highest BCUT2D eigenvalue weighted by molar-refractivity contribution is 5.71. The first-order valence-corrected chi connectivity index (χ1v) is 6.98. The van der Waals surface area contributed by atoms with Gasteiger partial charge in [0, 0.05) is 44.3 Å². The predicted molar refractivity (Wildman–Crippen MR) is 84.2 cm³/mol. The fourth-order valence-corrected chi connectivity index (χ4v) is 2.72. The maximum Gasteiger partial charge on any atom is 0.0559 e. The molecule has 0 fully saturated rings. The van der Waals surface area contributed by atoms with Gasteiger partial charge in [0.1, 0.15) is 0 Å². The Balaban J connectivity index is 3.19. The number of hydrogen-bond acceptors (Lipinski definition) is 3. The Morgan fingerprint density at radius 1 is 1.53 bits per heavy atom. The maximum atomic E-state index is 4.15. The second-order valence-electron chi connectivity index (χ2n) is 5.11. The molecule has 0 amide bonds. The van der Waals surface area contributed by atoms with Crippen LogP contribution in [0.4, 0.5) is 0 Å². The Morgan fingerprint density at radius 3 is 2.74 bits per heavy atom. The highest BCUT2D eigenvalue weighted by atomic mass is 15.2. The van der Waals surface area contributed by atoms with Crippen molar-refractivity contribution in [2.75, 3.05) is 20.6 Å². The molecule has 106 valence electrons. The molecule has 0 saturated heterocycles. The van der Waals surface area contributed by atoms with E-state index in [1.807, 2.05) is 12.3 Å². The molecule has 3 heteroatoms. The van der Waals surface area contributed by atoms with Gasteiger partial charge in [-0.05, 0) is 38.8 Å². The zero-order chi connectivity index (χ0) is 14.4. The average molecular weight is 261 g/mol. The van der Waals surface area contributed by atoms with Gasteiger partial charge in [0.05, 0.1) is 5.70 Å². The molecule has 0 aliphatic carbocycles. The number of hydrogen-bond donors (Lipinski definition) is 0. The molecule has 0 spiro atoms. The first-order chi connectivity index (χ1) is 9.02. The fourth-order valence-electron chi connectivity index (χ4n) is 2.72. The van der Waals surface area contributed by atoms with Gasteiger partial charge in [-0.25, -0.2) is 0 Å². The second-order valence-corrected chi connectivity index (χ2v) is 5.11. The highest BCUT2D eigenvalue weighted by Gasteiger charge is 2.24. The van der Waals surface area contributed by atoms with Gasteiger partial charge in [-0.3, -0.25) is 4.99 Å². The van der Waals surface area contributed by atoms with Gasteiger partial charge >= 0.3 is 0 Å². The summed E-state index contributed by atoms with van der Waals surface area (Å²) in [4.78, 5) is 8.70. The van der Waals surface area contributed by atoms with E-state index >= 15 is 0 Å². The normalized spacial score (nSPS) is 21.6. The SMILES string of the molecule is C=C(C)N1C(C)=C(/C=C\C=NC)N(C)CCC1CC. The van der Waals surface area contributed by atoms with Crippen LogP contribution in [0.15, 0.2) is 40.8 Å². The van der Waals surface area contributed by atoms with Crippen molar-refractivity contribution in [3.8, 4) is 0 Å². The van der Waals surface area contributed by atoms with Crippen LogP contribution in [0.1, 0.15) is 33.6 Å². The summed E-state index contributed by atoms with van der Waals surface area (Å²) in [6.45, 7) is 11.7. The largest absolute Gasteiger partial charge is 0.373 e. The van der Waals surface area contributed by atoms with Crippen LogP contribution in [0.2, 0.25) is 0 Å². The molecule has 0 bridgehead atoms. The van der Waals surface area contributed by atoms with Crippen LogP contribution in [0.5, 0.6) is 0 Å². The van der Waals surface area contributed by atoms with Gasteiger partial charge in [-0.1, -0.05) is 13.5 Å². The molecule has 0 saturated carbocycles. The van der Waals surface area contributed by atoms with Gasteiger partial charge in [-0.2, -0.15) is 0 Å². The van der Waals surface area contributed by atoms with Crippen LogP contribution >= 0.6 is 0 Å². The van der Waals surface area contributed by atoms with Crippen molar-refractivity contribution < 1.29 is 0 Å². The quantitative estimate of drug-likeness (QED) is 0.722. The van der Waals surface area contributed by atoms with Crippen molar-refractivity contribution in [1.29, 1.82) is 0 Å². The van der Waals surface area contributed by atoms with Crippen LogP contribution in [0, 0.1) is 0 Å². The van der Waals surface area contributed by atoms with E-state index in [1.54, 1.807) is 7.05 Å². The summed E-state index contributed by atoms with van der Waals surface area (Å²) in [5.74, 6) is 0. The first kappa shape index (κ1) is 15.5. The average Bonchev–Trinajstić information content (AvgIpc) is 2.48. The van der Waals surface area contributed by atoms with Gasteiger partial charge in [0.2, 0.25) is 0 Å². The summed E-state index contributed by atoms with van der Waals surface area (Å²) in [6, 6.07) is 0.547. The summed E-state index contributed by atoms with van der Waals surface area (Å²) >= 11 is 0. The van der Waals surface area contributed by atoms with Crippen molar-refractivity contribution in [2.24, 2.45) is 4.99 Å². The third-order valence-corrected chi connectivity index (χ3v) is 3.68. The summed E-state index contributed by atoms with van der Waals surface area (Å²) in [5, 5.41) is 0. The Hall–Kier alpha value is -1.51. The Kier molecular flexibility index (Phi) is 5.87. The molecule has 1 aliphatic rings. The zero-order valence-corrected chi connectivity index (χ0v) is 13.0. The highest BCUT2D eigenvalue weighted by Crippen LogP contribution is 2.28. The van der Waals surface area contributed by atoms with Crippen molar-refractivity contribution in [1.82, 2.24) is 9.80 Å². The van der Waals surface area contributed by atoms with Crippen molar-refractivity contribution >= 4 is 6.21 Å². The topological polar surface area (TPSA) is 18.8 Å². The molecule has 19 heavy (non-hydrogen) atoms. The van der Waals surface area contributed by atoms with Crippen LogP contribution in [0.25, 0.3) is 0 Å². The predicted octanol–water partition coefficient (Wildman–Crippen LogP) is 3.42. The molecule has 1 aliphatic heterocycles. The summed E-state index contributed by atoms with van der Waals surface area (Å²) in [6.07, 6.45) is 8.26. The first-order valence-electron chi connectivity index (χ1n) is 6.98. The second kappa shape index (κ2) is 7.17. The molecule has 1 heterocycles. The fraction of sp³-hybridized carbons (Fsp3) is 0.562. The Bertz CT molecular complexity index is 404. The molecule has 0 N–H and O–H groups in total. The number of nitrogens with zero attached hydrogens (tertiary/aromatic N) is 3. The number of likely N-dealkylation sites (N-methyl/N-ethyl adjacent to an activating group) is 1. The lowest BCUT2D eigenvalue weighted by molar-refractivity contribution is 0.291. The van der Waals surface area contributed by atoms with Crippen molar-refractivity contribution in [3.63, 3.8) is 0 Å². The summed E-state index contributed by atoms with van der Waals surface area (Å²) in [7, 11) is 3.94. The van der Waals surface area contributed by atoms with Gasteiger partial charge in [-0.15, -0.1) is 0 Å². The molecule has 3 nitrogen and oxygen atoms in total. The smallest absolute Gasteiger partial charge is 0.0559 e. The standard InChI is InChI=1S/C16H27N3/c1-7-15-10-12-18(6)16(9-8-11-17-5)14(4)19(15)13(2)3/h8-9,11,15H,2,7,10,12H2,1,3-6H3/b9-8-,17-11?. The minimum atomic E-state index is 0.547. The third kappa shape index (κ3) is 3.72.